The number of likely N-dealkylation sites (tertiary alicyclic amines) is 1. The molecule has 1 saturated heterocycles. The van der Waals surface area contributed by atoms with Gasteiger partial charge in [-0.3, -0.25) is 14.4 Å². The lowest BCUT2D eigenvalue weighted by atomic mass is 9.85. The summed E-state index contributed by atoms with van der Waals surface area (Å²) in [5.41, 5.74) is 1.65. The van der Waals surface area contributed by atoms with Gasteiger partial charge in [-0.25, -0.2) is 9.97 Å². The van der Waals surface area contributed by atoms with Crippen LogP contribution in [0.1, 0.15) is 46.1 Å². The number of ketones is 1. The summed E-state index contributed by atoms with van der Waals surface area (Å²) < 4.78 is 6.54. The van der Waals surface area contributed by atoms with E-state index in [1.807, 2.05) is 51.1 Å². The molecular formula is C31H40BrClN6O4. The third-order valence-corrected chi connectivity index (χ3v) is 8.35. The molecule has 1 fully saturated rings. The molecule has 1 aliphatic rings. The van der Waals surface area contributed by atoms with Gasteiger partial charge >= 0.3 is 0 Å². The number of fused-ring (bicyclic) bond motifs is 1. The third-order valence-electron chi connectivity index (χ3n) is 7.66. The Morgan fingerprint density at radius 3 is 2.53 bits per heavy atom. The monoisotopic (exact) mass is 674 g/mol. The molecule has 3 N–H and O–H groups in total. The molecule has 0 bridgehead atoms. The van der Waals surface area contributed by atoms with Crippen LogP contribution in [0.25, 0.3) is 10.9 Å². The standard InChI is InChI=1S/C31H39BrN6O4.ClH/c1-18(33-5)29(40)37-27(31(2,3)4)30(41)38-13-9-12-24(38)25(39)15-19-14-20-23(16-26(19)42-6)34-17-35-28(20)36-22-11-8-7-10-21(22)32;/h7-8,10-11,14,16-18,24,27,33H,9,12-13,15H2,1-6H3,(H,37,40)(H,34,35,36);1H/t18-,24-,27+;/m0./s1. The molecule has 0 saturated carbocycles. The average Bonchev–Trinajstić information content (AvgIpc) is 3.46. The molecule has 1 aromatic heterocycles. The highest BCUT2D eigenvalue weighted by atomic mass is 79.9. The van der Waals surface area contributed by atoms with Gasteiger partial charge in [-0.05, 0) is 66.4 Å². The van der Waals surface area contributed by atoms with E-state index >= 15 is 0 Å². The number of anilines is 2. The van der Waals surface area contributed by atoms with Crippen molar-refractivity contribution in [3.05, 3.63) is 52.8 Å². The average molecular weight is 676 g/mol. The van der Waals surface area contributed by atoms with Crippen LogP contribution in [0.4, 0.5) is 11.5 Å². The number of likely N-dealkylation sites (N-methyl/N-ethyl adjacent to an activating group) is 1. The molecule has 12 heteroatoms. The lowest BCUT2D eigenvalue weighted by Gasteiger charge is -2.36. The molecule has 0 unspecified atom stereocenters. The van der Waals surface area contributed by atoms with Crippen LogP contribution in [-0.4, -0.2) is 71.3 Å². The van der Waals surface area contributed by atoms with Gasteiger partial charge < -0.3 is 25.6 Å². The largest absolute Gasteiger partial charge is 0.496 e. The number of methoxy groups -OCH3 is 1. The maximum atomic E-state index is 13.8. The first-order valence-corrected chi connectivity index (χ1v) is 14.9. The number of hydrogen-bond acceptors (Lipinski definition) is 8. The van der Waals surface area contributed by atoms with Gasteiger partial charge in [0.1, 0.15) is 23.9 Å². The Labute approximate surface area is 267 Å². The predicted molar refractivity (Wildman–Crippen MR) is 174 cm³/mol. The number of carbonyl (C=O) groups excluding carboxylic acids is 3. The number of Topliss-reactive ketones (excluding diaryl/α,β-unsaturated/α-hetero) is 1. The summed E-state index contributed by atoms with van der Waals surface area (Å²) in [5.74, 6) is 0.550. The number of nitrogens with zero attached hydrogens (tertiary/aromatic N) is 3. The number of halogens is 2. The Kier molecular flexibility index (Phi) is 11.5. The van der Waals surface area contributed by atoms with Crippen molar-refractivity contribution in [2.24, 2.45) is 5.41 Å². The Morgan fingerprint density at radius 1 is 1.16 bits per heavy atom. The highest BCUT2D eigenvalue weighted by Crippen LogP contribution is 2.33. The summed E-state index contributed by atoms with van der Waals surface area (Å²) in [5, 5.41) is 9.91. The van der Waals surface area contributed by atoms with Crippen LogP contribution in [-0.2, 0) is 20.8 Å². The lowest BCUT2D eigenvalue weighted by Crippen LogP contribution is -2.58. The second kappa shape index (κ2) is 14.5. The number of aromatic nitrogens is 2. The predicted octanol–water partition coefficient (Wildman–Crippen LogP) is 4.81. The van der Waals surface area contributed by atoms with Gasteiger partial charge in [0.2, 0.25) is 11.8 Å². The van der Waals surface area contributed by atoms with E-state index in [0.29, 0.717) is 42.0 Å². The Balaban J connectivity index is 0.00000506. The normalized spacial score (nSPS) is 16.3. The zero-order valence-corrected chi connectivity index (χ0v) is 27.8. The second-order valence-electron chi connectivity index (χ2n) is 11.7. The van der Waals surface area contributed by atoms with Crippen molar-refractivity contribution in [1.29, 1.82) is 0 Å². The summed E-state index contributed by atoms with van der Waals surface area (Å²) in [6.07, 6.45) is 2.83. The fraction of sp³-hybridized carbons (Fsp3) is 0.452. The third kappa shape index (κ3) is 7.82. The molecule has 2 amide bonds. The zero-order valence-electron chi connectivity index (χ0n) is 25.4. The molecule has 2 aromatic carbocycles. The van der Waals surface area contributed by atoms with Gasteiger partial charge in [-0.1, -0.05) is 32.9 Å². The molecule has 0 radical (unpaired) electrons. The highest BCUT2D eigenvalue weighted by molar-refractivity contribution is 9.10. The number of carbonyl (C=O) groups is 3. The summed E-state index contributed by atoms with van der Waals surface area (Å²) >= 11 is 3.56. The molecule has 1 aliphatic heterocycles. The van der Waals surface area contributed by atoms with Gasteiger partial charge in [0.05, 0.1) is 30.4 Å². The first-order chi connectivity index (χ1) is 19.9. The fourth-order valence-electron chi connectivity index (χ4n) is 5.13. The van der Waals surface area contributed by atoms with E-state index in [4.69, 9.17) is 4.74 Å². The van der Waals surface area contributed by atoms with Crippen molar-refractivity contribution in [3.63, 3.8) is 0 Å². The smallest absolute Gasteiger partial charge is 0.246 e. The molecule has 4 rings (SSSR count). The van der Waals surface area contributed by atoms with Crippen molar-refractivity contribution in [2.75, 3.05) is 26.0 Å². The number of nitrogens with one attached hydrogen (secondary N) is 3. The summed E-state index contributed by atoms with van der Waals surface area (Å²) in [6.45, 7) is 7.93. The molecule has 43 heavy (non-hydrogen) atoms. The SMILES string of the molecule is CN[C@@H](C)C(=O)N[C@H](C(=O)N1CCC[C@H]1C(=O)Cc1cc2c(Nc3ccccc3Br)ncnc2cc1OC)C(C)(C)C.Cl. The Hall–Kier alpha value is -3.28. The number of amides is 2. The van der Waals surface area contributed by atoms with Crippen LogP contribution in [0.5, 0.6) is 5.75 Å². The molecule has 10 nitrogen and oxygen atoms in total. The van der Waals surface area contributed by atoms with Crippen LogP contribution in [0.3, 0.4) is 0 Å². The number of benzene rings is 2. The van der Waals surface area contributed by atoms with Crippen LogP contribution in [0, 0.1) is 5.41 Å². The van der Waals surface area contributed by atoms with E-state index in [-0.39, 0.29) is 36.4 Å². The minimum absolute atomic E-state index is 0. The van der Waals surface area contributed by atoms with Crippen LogP contribution in [0.2, 0.25) is 0 Å². The van der Waals surface area contributed by atoms with Gasteiger partial charge in [-0.2, -0.15) is 0 Å². The number of rotatable bonds is 10. The Bertz CT molecular complexity index is 1480. The summed E-state index contributed by atoms with van der Waals surface area (Å²) in [7, 11) is 3.25. The molecule has 2 heterocycles. The van der Waals surface area contributed by atoms with Crippen molar-refractivity contribution >= 4 is 68.3 Å². The quantitative estimate of drug-likeness (QED) is 0.280. The molecule has 232 valence electrons. The van der Waals surface area contributed by atoms with E-state index in [1.54, 1.807) is 32.0 Å². The van der Waals surface area contributed by atoms with E-state index in [2.05, 4.69) is 41.8 Å². The first kappa shape index (κ1) is 34.2. The molecular weight excluding hydrogens is 636 g/mol. The van der Waals surface area contributed by atoms with E-state index in [0.717, 1.165) is 15.5 Å². The van der Waals surface area contributed by atoms with Gasteiger partial charge in [0.25, 0.3) is 0 Å². The second-order valence-corrected chi connectivity index (χ2v) is 12.5. The van der Waals surface area contributed by atoms with Crippen LogP contribution < -0.4 is 20.7 Å². The van der Waals surface area contributed by atoms with Gasteiger partial charge in [0.15, 0.2) is 5.78 Å². The van der Waals surface area contributed by atoms with Crippen molar-refractivity contribution < 1.29 is 19.1 Å². The summed E-state index contributed by atoms with van der Waals surface area (Å²) in [6, 6.07) is 9.59. The van der Waals surface area contributed by atoms with Crippen LogP contribution in [0.15, 0.2) is 47.2 Å². The molecule has 0 spiro atoms. The Morgan fingerprint density at radius 2 is 1.88 bits per heavy atom. The van der Waals surface area contributed by atoms with E-state index in [1.165, 1.54) is 6.33 Å². The number of ether oxygens (including phenoxy) is 1. The topological polar surface area (TPSA) is 126 Å². The zero-order chi connectivity index (χ0) is 30.6. The molecule has 3 atom stereocenters. The maximum absolute atomic E-state index is 13.8. The van der Waals surface area contributed by atoms with Gasteiger partial charge in [-0.15, -0.1) is 12.4 Å². The van der Waals surface area contributed by atoms with E-state index < -0.39 is 23.5 Å². The molecule has 3 aromatic rings. The van der Waals surface area contributed by atoms with Crippen molar-refractivity contribution in [2.45, 2.75) is 65.1 Å². The summed E-state index contributed by atoms with van der Waals surface area (Å²) in [4.78, 5) is 50.8. The van der Waals surface area contributed by atoms with Crippen molar-refractivity contribution in [1.82, 2.24) is 25.5 Å². The molecule has 0 aliphatic carbocycles. The fourth-order valence-corrected chi connectivity index (χ4v) is 5.51. The van der Waals surface area contributed by atoms with Crippen molar-refractivity contribution in [3.8, 4) is 5.75 Å². The van der Waals surface area contributed by atoms with Gasteiger partial charge in [0, 0.05) is 34.5 Å². The number of hydrogen-bond donors (Lipinski definition) is 3. The minimum atomic E-state index is -0.771. The highest BCUT2D eigenvalue weighted by Gasteiger charge is 2.42. The minimum Gasteiger partial charge on any atom is -0.496 e. The number of para-hydroxylation sites is 1. The van der Waals surface area contributed by atoms with Crippen LogP contribution >= 0.6 is 28.3 Å². The lowest BCUT2D eigenvalue weighted by molar-refractivity contribution is -0.143. The first-order valence-electron chi connectivity index (χ1n) is 14.1. The van der Waals surface area contributed by atoms with E-state index in [9.17, 15) is 14.4 Å². The maximum Gasteiger partial charge on any atom is 0.246 e.